The van der Waals surface area contributed by atoms with Gasteiger partial charge in [-0.05, 0) is 19.9 Å². The summed E-state index contributed by atoms with van der Waals surface area (Å²) in [5, 5.41) is 6.68. The second-order valence-corrected chi connectivity index (χ2v) is 5.43. The van der Waals surface area contributed by atoms with Crippen molar-refractivity contribution < 1.29 is 0 Å². The number of aromatic nitrogens is 1. The van der Waals surface area contributed by atoms with Gasteiger partial charge >= 0.3 is 0 Å². The molecule has 0 bridgehead atoms. The number of rotatable bonds is 1. The number of piperazine rings is 1. The molecule has 0 spiro atoms. The Kier molecular flexibility index (Phi) is 2.72. The van der Waals surface area contributed by atoms with Crippen LogP contribution in [0.5, 0.6) is 0 Å². The van der Waals surface area contributed by atoms with Gasteiger partial charge < -0.3 is 10.2 Å². The Labute approximate surface area is 105 Å². The van der Waals surface area contributed by atoms with Gasteiger partial charge in [-0.3, -0.25) is 4.99 Å². The van der Waals surface area contributed by atoms with Gasteiger partial charge in [-0.2, -0.15) is 0 Å². The molecule has 0 radical (unpaired) electrons. The van der Waals surface area contributed by atoms with E-state index in [0.29, 0.717) is 6.04 Å². The predicted molar refractivity (Wildman–Crippen MR) is 70.5 cm³/mol. The van der Waals surface area contributed by atoms with Crippen LogP contribution in [-0.2, 0) is 0 Å². The molecule has 1 fully saturated rings. The van der Waals surface area contributed by atoms with Gasteiger partial charge in [-0.15, -0.1) is 11.3 Å². The third-order valence-electron chi connectivity index (χ3n) is 3.19. The number of hydrogen-bond donors (Lipinski definition) is 1. The third kappa shape index (κ3) is 1.89. The molecule has 1 atom stereocenters. The predicted octanol–water partition coefficient (Wildman–Crippen LogP) is 1.39. The minimum atomic E-state index is 0.411. The summed E-state index contributed by atoms with van der Waals surface area (Å²) in [6.07, 6.45) is 2.21. The first-order valence-corrected chi connectivity index (χ1v) is 6.81. The molecule has 1 N–H and O–H groups in total. The van der Waals surface area contributed by atoms with Crippen LogP contribution in [0.3, 0.4) is 0 Å². The Morgan fingerprint density at radius 1 is 1.53 bits per heavy atom. The molecular weight excluding hydrogens is 232 g/mol. The fraction of sp³-hybridized carbons (Fsp3) is 0.500. The molecule has 1 aromatic rings. The van der Waals surface area contributed by atoms with Crippen LogP contribution >= 0.6 is 11.3 Å². The molecular formula is C12H16N4S. The zero-order valence-electron chi connectivity index (χ0n) is 10.1. The molecule has 17 heavy (non-hydrogen) atoms. The van der Waals surface area contributed by atoms with E-state index in [1.54, 1.807) is 11.3 Å². The smallest absolute Gasteiger partial charge is 0.155 e. The normalized spacial score (nSPS) is 24.1. The average Bonchev–Trinajstić information content (AvgIpc) is 2.76. The monoisotopic (exact) mass is 248 g/mol. The summed E-state index contributed by atoms with van der Waals surface area (Å²) in [5.41, 5.74) is 2.36. The van der Waals surface area contributed by atoms with Crippen LogP contribution in [0.4, 0.5) is 0 Å². The summed E-state index contributed by atoms with van der Waals surface area (Å²) < 4.78 is 0. The number of amidine groups is 1. The van der Waals surface area contributed by atoms with Crippen molar-refractivity contribution in [2.75, 3.05) is 19.6 Å². The van der Waals surface area contributed by atoms with Crippen molar-refractivity contribution in [2.24, 2.45) is 4.99 Å². The van der Waals surface area contributed by atoms with E-state index in [0.717, 1.165) is 36.2 Å². The van der Waals surface area contributed by atoms with Gasteiger partial charge in [-0.1, -0.05) is 0 Å². The van der Waals surface area contributed by atoms with Gasteiger partial charge in [0.2, 0.25) is 0 Å². The maximum atomic E-state index is 4.61. The van der Waals surface area contributed by atoms with Crippen molar-refractivity contribution in [1.29, 1.82) is 0 Å². The van der Waals surface area contributed by atoms with Crippen molar-refractivity contribution in [3.05, 3.63) is 27.9 Å². The van der Waals surface area contributed by atoms with Crippen molar-refractivity contribution >= 4 is 17.2 Å². The van der Waals surface area contributed by atoms with E-state index in [1.807, 2.05) is 6.92 Å². The highest BCUT2D eigenvalue weighted by Gasteiger charge is 2.28. The van der Waals surface area contributed by atoms with Crippen LogP contribution in [0.1, 0.15) is 17.6 Å². The zero-order chi connectivity index (χ0) is 11.8. The second kappa shape index (κ2) is 4.23. The van der Waals surface area contributed by atoms with Crippen molar-refractivity contribution in [2.45, 2.75) is 19.9 Å². The van der Waals surface area contributed by atoms with Gasteiger partial charge in [0, 0.05) is 30.2 Å². The maximum Gasteiger partial charge on any atom is 0.155 e. The zero-order valence-corrected chi connectivity index (χ0v) is 10.9. The third-order valence-corrected chi connectivity index (χ3v) is 3.96. The average molecular weight is 248 g/mol. The SMILES string of the molecule is Cc1nc(C2=NCC=C3C(C)NCCN32)cs1. The lowest BCUT2D eigenvalue weighted by molar-refractivity contribution is 0.368. The van der Waals surface area contributed by atoms with Gasteiger partial charge in [0.05, 0.1) is 11.6 Å². The molecule has 1 aromatic heterocycles. The van der Waals surface area contributed by atoms with E-state index in [1.165, 1.54) is 5.70 Å². The Bertz CT molecular complexity index is 488. The highest BCUT2D eigenvalue weighted by atomic mass is 32.1. The van der Waals surface area contributed by atoms with Gasteiger partial charge in [0.1, 0.15) is 5.69 Å². The number of hydrogen-bond acceptors (Lipinski definition) is 5. The van der Waals surface area contributed by atoms with Crippen LogP contribution in [0.2, 0.25) is 0 Å². The number of thiazole rings is 1. The quantitative estimate of drug-likeness (QED) is 0.816. The molecule has 5 heteroatoms. The largest absolute Gasteiger partial charge is 0.326 e. The number of nitrogens with one attached hydrogen (secondary N) is 1. The molecule has 90 valence electrons. The molecule has 0 aliphatic carbocycles. The summed E-state index contributed by atoms with van der Waals surface area (Å²) in [6, 6.07) is 0.411. The molecule has 1 saturated heterocycles. The van der Waals surface area contributed by atoms with Crippen molar-refractivity contribution in [1.82, 2.24) is 15.2 Å². The molecule has 2 aliphatic rings. The van der Waals surface area contributed by atoms with Crippen molar-refractivity contribution in [3.8, 4) is 0 Å². The molecule has 0 amide bonds. The Morgan fingerprint density at radius 3 is 3.18 bits per heavy atom. The molecule has 3 heterocycles. The summed E-state index contributed by atoms with van der Waals surface area (Å²) in [5.74, 6) is 1.04. The standard InChI is InChI=1S/C12H16N4S/c1-8-11-3-4-14-12(16(11)6-5-13-8)10-7-17-9(2)15-10/h3,7-8,13H,4-6H2,1-2H3. The van der Waals surface area contributed by atoms with E-state index in [9.17, 15) is 0 Å². The number of nitrogens with zero attached hydrogens (tertiary/aromatic N) is 3. The van der Waals surface area contributed by atoms with Gasteiger partial charge in [0.15, 0.2) is 5.84 Å². The van der Waals surface area contributed by atoms with Crippen molar-refractivity contribution in [3.63, 3.8) is 0 Å². The summed E-state index contributed by atoms with van der Waals surface area (Å²) >= 11 is 1.68. The minimum absolute atomic E-state index is 0.411. The molecule has 4 nitrogen and oxygen atoms in total. The van der Waals surface area contributed by atoms with Gasteiger partial charge in [0.25, 0.3) is 0 Å². The topological polar surface area (TPSA) is 40.5 Å². The number of aliphatic imine (C=N–C) groups is 1. The van der Waals surface area contributed by atoms with Crippen LogP contribution in [0.25, 0.3) is 0 Å². The summed E-state index contributed by atoms with van der Waals surface area (Å²) in [6.45, 7) is 6.98. The van der Waals surface area contributed by atoms with Crippen LogP contribution < -0.4 is 5.32 Å². The fourth-order valence-corrected chi connectivity index (χ4v) is 2.96. The maximum absolute atomic E-state index is 4.61. The first-order chi connectivity index (χ1) is 8.25. The van der Waals surface area contributed by atoms with E-state index < -0.39 is 0 Å². The highest BCUT2D eigenvalue weighted by molar-refractivity contribution is 7.09. The van der Waals surface area contributed by atoms with Crippen LogP contribution in [0, 0.1) is 6.92 Å². The molecule has 1 unspecified atom stereocenters. The second-order valence-electron chi connectivity index (χ2n) is 4.37. The lowest BCUT2D eigenvalue weighted by atomic mass is 10.1. The molecule has 3 rings (SSSR count). The lowest BCUT2D eigenvalue weighted by Crippen LogP contribution is -2.51. The van der Waals surface area contributed by atoms with E-state index >= 15 is 0 Å². The minimum Gasteiger partial charge on any atom is -0.326 e. The summed E-state index contributed by atoms with van der Waals surface area (Å²) in [7, 11) is 0. The molecule has 0 saturated carbocycles. The van der Waals surface area contributed by atoms with E-state index in [2.05, 4.69) is 38.6 Å². The number of fused-ring (bicyclic) bond motifs is 1. The summed E-state index contributed by atoms with van der Waals surface area (Å²) in [4.78, 5) is 11.5. The number of aryl methyl sites for hydroxylation is 1. The molecule has 2 aliphatic heterocycles. The fourth-order valence-electron chi connectivity index (χ4n) is 2.37. The Morgan fingerprint density at radius 2 is 2.41 bits per heavy atom. The Balaban J connectivity index is 1.94. The van der Waals surface area contributed by atoms with Gasteiger partial charge in [-0.25, -0.2) is 4.98 Å². The van der Waals surface area contributed by atoms with Crippen LogP contribution in [-0.4, -0.2) is 41.4 Å². The first-order valence-electron chi connectivity index (χ1n) is 5.93. The van der Waals surface area contributed by atoms with E-state index in [4.69, 9.17) is 0 Å². The lowest BCUT2D eigenvalue weighted by Gasteiger charge is -2.38. The van der Waals surface area contributed by atoms with E-state index in [-0.39, 0.29) is 0 Å². The van der Waals surface area contributed by atoms with Crippen LogP contribution in [0.15, 0.2) is 22.1 Å². The molecule has 0 aromatic carbocycles. The Hall–Kier alpha value is -1.20. The first kappa shape index (κ1) is 10.9. The highest BCUT2D eigenvalue weighted by Crippen LogP contribution is 2.22.